The molecule has 0 saturated heterocycles. The van der Waals surface area contributed by atoms with Crippen LogP contribution in [0, 0.1) is 0 Å². The van der Waals surface area contributed by atoms with Crippen LogP contribution in [0.5, 0.6) is 0 Å². The minimum Gasteiger partial charge on any atom is -0.374 e. The second-order valence-corrected chi connectivity index (χ2v) is 5.23. The highest BCUT2D eigenvalue weighted by Crippen LogP contribution is 1.92. The topological polar surface area (TPSA) is 60.4 Å². The van der Waals surface area contributed by atoms with E-state index in [1.807, 2.05) is 6.92 Å². The molecule has 13 heavy (non-hydrogen) atoms. The fourth-order valence-corrected chi connectivity index (χ4v) is 1.30. The molecule has 0 aromatic rings. The van der Waals surface area contributed by atoms with Crippen molar-refractivity contribution in [2.45, 2.75) is 19.8 Å². The third kappa shape index (κ3) is 9.49. The van der Waals surface area contributed by atoms with Gasteiger partial charge in [-0.1, -0.05) is 6.92 Å². The van der Waals surface area contributed by atoms with Gasteiger partial charge in [-0.15, -0.1) is 0 Å². The maximum absolute atomic E-state index is 11.0. The maximum Gasteiger partial charge on any atom is 0.159 e. The molecule has 0 aromatic carbocycles. The highest BCUT2D eigenvalue weighted by Gasteiger charge is 2.07. The van der Waals surface area contributed by atoms with Crippen LogP contribution < -0.4 is 0 Å². The van der Waals surface area contributed by atoms with Gasteiger partial charge in [0.25, 0.3) is 0 Å². The largest absolute Gasteiger partial charge is 0.374 e. The SMILES string of the molecule is CCCOCC(=O)CCS(C)(=O)=O. The first kappa shape index (κ1) is 12.6. The van der Waals surface area contributed by atoms with Crippen LogP contribution in [0.1, 0.15) is 19.8 Å². The molecule has 0 aliphatic carbocycles. The van der Waals surface area contributed by atoms with Gasteiger partial charge >= 0.3 is 0 Å². The Bertz CT molecular complexity index is 243. The lowest BCUT2D eigenvalue weighted by atomic mass is 10.3. The molecule has 4 nitrogen and oxygen atoms in total. The third-order valence-corrected chi connectivity index (χ3v) is 2.31. The molecule has 0 rings (SSSR count). The minimum atomic E-state index is -3.03. The summed E-state index contributed by atoms with van der Waals surface area (Å²) < 4.78 is 26.3. The van der Waals surface area contributed by atoms with E-state index in [0.29, 0.717) is 6.61 Å². The van der Waals surface area contributed by atoms with E-state index in [9.17, 15) is 13.2 Å². The zero-order valence-electron chi connectivity index (χ0n) is 8.08. The van der Waals surface area contributed by atoms with Crippen molar-refractivity contribution in [2.75, 3.05) is 25.2 Å². The van der Waals surface area contributed by atoms with E-state index in [1.165, 1.54) is 0 Å². The maximum atomic E-state index is 11.0. The normalized spacial score (nSPS) is 11.5. The summed E-state index contributed by atoms with van der Waals surface area (Å²) in [6.45, 7) is 2.52. The number of hydrogen-bond donors (Lipinski definition) is 0. The van der Waals surface area contributed by atoms with E-state index in [-0.39, 0.29) is 24.6 Å². The molecule has 0 aliphatic heterocycles. The van der Waals surface area contributed by atoms with Gasteiger partial charge in [-0.2, -0.15) is 0 Å². The van der Waals surface area contributed by atoms with Crippen LogP contribution >= 0.6 is 0 Å². The van der Waals surface area contributed by atoms with Crippen molar-refractivity contribution in [3.8, 4) is 0 Å². The first-order chi connectivity index (χ1) is 5.95. The lowest BCUT2D eigenvalue weighted by Crippen LogP contribution is -2.14. The summed E-state index contributed by atoms with van der Waals surface area (Å²) in [6, 6.07) is 0. The van der Waals surface area contributed by atoms with Crippen LogP contribution in [0.15, 0.2) is 0 Å². The monoisotopic (exact) mass is 208 g/mol. The standard InChI is InChI=1S/C8H16O4S/c1-3-5-12-7-8(9)4-6-13(2,10)11/h3-7H2,1-2H3. The lowest BCUT2D eigenvalue weighted by Gasteiger charge is -2.00. The van der Waals surface area contributed by atoms with E-state index >= 15 is 0 Å². The van der Waals surface area contributed by atoms with Crippen LogP contribution in [0.2, 0.25) is 0 Å². The predicted molar refractivity (Wildman–Crippen MR) is 50.4 cm³/mol. The van der Waals surface area contributed by atoms with Crippen molar-refractivity contribution in [3.05, 3.63) is 0 Å². The number of ether oxygens (including phenoxy) is 1. The lowest BCUT2D eigenvalue weighted by molar-refractivity contribution is -0.123. The summed E-state index contributed by atoms with van der Waals surface area (Å²) in [7, 11) is -3.03. The van der Waals surface area contributed by atoms with Crippen LogP contribution in [-0.4, -0.2) is 39.4 Å². The van der Waals surface area contributed by atoms with Crippen LogP contribution in [-0.2, 0) is 19.4 Å². The summed E-state index contributed by atoms with van der Waals surface area (Å²) in [5, 5.41) is 0. The Balaban J connectivity index is 3.53. The molecular weight excluding hydrogens is 192 g/mol. The van der Waals surface area contributed by atoms with Gasteiger partial charge in [-0.3, -0.25) is 4.79 Å². The zero-order valence-corrected chi connectivity index (χ0v) is 8.89. The second kappa shape index (κ2) is 6.10. The van der Waals surface area contributed by atoms with Gasteiger partial charge < -0.3 is 4.74 Å². The molecule has 5 heteroatoms. The Morgan fingerprint density at radius 3 is 2.46 bits per heavy atom. The quantitative estimate of drug-likeness (QED) is 0.569. The molecule has 0 unspecified atom stereocenters. The summed E-state index contributed by atoms with van der Waals surface area (Å²) in [4.78, 5) is 11.0. The minimum absolute atomic E-state index is 0.0311. The summed E-state index contributed by atoms with van der Waals surface area (Å²) in [5.74, 6) is -0.236. The van der Waals surface area contributed by atoms with Gasteiger partial charge in [0.1, 0.15) is 16.4 Å². The average Bonchev–Trinajstić information content (AvgIpc) is 2.00. The Morgan fingerprint density at radius 2 is 2.00 bits per heavy atom. The molecule has 78 valence electrons. The van der Waals surface area contributed by atoms with E-state index in [1.54, 1.807) is 0 Å². The van der Waals surface area contributed by atoms with Crippen LogP contribution in [0.4, 0.5) is 0 Å². The molecule has 0 amide bonds. The molecule has 0 aromatic heterocycles. The fraction of sp³-hybridized carbons (Fsp3) is 0.875. The Kier molecular flexibility index (Phi) is 5.90. The summed E-state index contributed by atoms with van der Waals surface area (Å²) in [5.41, 5.74) is 0. The van der Waals surface area contributed by atoms with E-state index in [2.05, 4.69) is 0 Å². The summed E-state index contributed by atoms with van der Waals surface area (Å²) >= 11 is 0. The van der Waals surface area contributed by atoms with Gasteiger partial charge in [0.05, 0.1) is 5.75 Å². The third-order valence-electron chi connectivity index (χ3n) is 1.36. The molecule has 0 saturated carbocycles. The molecule has 0 radical (unpaired) electrons. The van der Waals surface area contributed by atoms with Gasteiger partial charge in [0.2, 0.25) is 0 Å². The van der Waals surface area contributed by atoms with Gasteiger partial charge in [0, 0.05) is 19.3 Å². The number of ketones is 1. The van der Waals surface area contributed by atoms with Crippen molar-refractivity contribution in [2.24, 2.45) is 0 Å². The second-order valence-electron chi connectivity index (χ2n) is 2.97. The Labute approximate surface area is 79.2 Å². The van der Waals surface area contributed by atoms with E-state index in [0.717, 1.165) is 12.7 Å². The highest BCUT2D eigenvalue weighted by molar-refractivity contribution is 7.90. The van der Waals surface area contributed by atoms with Crippen molar-refractivity contribution >= 4 is 15.6 Å². The van der Waals surface area contributed by atoms with Crippen molar-refractivity contribution < 1.29 is 17.9 Å². The molecule has 0 fully saturated rings. The van der Waals surface area contributed by atoms with Crippen LogP contribution in [0.25, 0.3) is 0 Å². The number of carbonyl (C=O) groups excluding carboxylic acids is 1. The summed E-state index contributed by atoms with van der Waals surface area (Å²) in [6.07, 6.45) is 2.04. The number of sulfone groups is 1. The molecule has 0 atom stereocenters. The van der Waals surface area contributed by atoms with Crippen molar-refractivity contribution in [1.29, 1.82) is 0 Å². The first-order valence-electron chi connectivity index (χ1n) is 4.23. The van der Waals surface area contributed by atoms with Gasteiger partial charge in [0.15, 0.2) is 5.78 Å². The van der Waals surface area contributed by atoms with Gasteiger partial charge in [-0.05, 0) is 6.42 Å². The Morgan fingerprint density at radius 1 is 1.38 bits per heavy atom. The average molecular weight is 208 g/mol. The fourth-order valence-electron chi connectivity index (χ4n) is 0.702. The van der Waals surface area contributed by atoms with E-state index < -0.39 is 9.84 Å². The number of carbonyl (C=O) groups is 1. The smallest absolute Gasteiger partial charge is 0.159 e. The highest BCUT2D eigenvalue weighted by atomic mass is 32.2. The first-order valence-corrected chi connectivity index (χ1v) is 6.29. The van der Waals surface area contributed by atoms with Crippen LogP contribution in [0.3, 0.4) is 0 Å². The number of hydrogen-bond acceptors (Lipinski definition) is 4. The van der Waals surface area contributed by atoms with E-state index in [4.69, 9.17) is 4.74 Å². The number of Topliss-reactive ketones (excluding diaryl/α,β-unsaturated/α-hetero) is 1. The predicted octanol–water partition coefficient (Wildman–Crippen LogP) is 0.417. The van der Waals surface area contributed by atoms with Crippen molar-refractivity contribution in [3.63, 3.8) is 0 Å². The molecule has 0 bridgehead atoms. The molecule has 0 aliphatic rings. The van der Waals surface area contributed by atoms with Gasteiger partial charge in [-0.25, -0.2) is 8.42 Å². The molecule has 0 spiro atoms. The Hall–Kier alpha value is -0.420. The van der Waals surface area contributed by atoms with Crippen molar-refractivity contribution in [1.82, 2.24) is 0 Å². The molecule has 0 N–H and O–H groups in total. The zero-order chi connectivity index (χ0) is 10.3. The molecule has 0 heterocycles. The molecular formula is C8H16O4S. The number of rotatable bonds is 7.